The topological polar surface area (TPSA) is 84.0 Å². The first-order valence-corrected chi connectivity index (χ1v) is 8.66. The highest BCUT2D eigenvalue weighted by Gasteiger charge is 2.26. The lowest BCUT2D eigenvalue weighted by molar-refractivity contribution is 0.0811. The summed E-state index contributed by atoms with van der Waals surface area (Å²) in [6.07, 6.45) is -1.27. The predicted octanol–water partition coefficient (Wildman–Crippen LogP) is 3.03. The summed E-state index contributed by atoms with van der Waals surface area (Å²) in [5, 5.41) is 2.64. The average molecular weight is 379 g/mol. The van der Waals surface area contributed by atoms with Gasteiger partial charge in [-0.3, -0.25) is 19.0 Å². The van der Waals surface area contributed by atoms with Crippen molar-refractivity contribution in [3.63, 3.8) is 0 Å². The highest BCUT2D eigenvalue weighted by molar-refractivity contribution is 7.71. The molecule has 0 aliphatic carbocycles. The van der Waals surface area contributed by atoms with Gasteiger partial charge in [0.05, 0.1) is 0 Å². The monoisotopic (exact) mass is 379 g/mol. The van der Waals surface area contributed by atoms with E-state index in [0.717, 1.165) is 4.57 Å². The molecule has 1 amide bonds. The van der Waals surface area contributed by atoms with Crippen LogP contribution in [0, 0.1) is 11.7 Å². The van der Waals surface area contributed by atoms with E-state index in [9.17, 15) is 14.4 Å². The van der Waals surface area contributed by atoms with Crippen molar-refractivity contribution in [1.82, 2.24) is 14.9 Å². The Bertz CT molecular complexity index is 1060. The standard InChI is InChI=1S/C20H17N3O3S/c1-13-12-16(24)23(20(27)21-13)18(17(25)14-8-4-2-5-9-14)22-19(26)15-10-6-3-7-11-15/h2-12,18H,1H3,(H,21,27)(H,22,26)/t18-/m1/s1. The first-order chi connectivity index (χ1) is 13.0. The molecule has 0 spiro atoms. The van der Waals surface area contributed by atoms with E-state index < -0.39 is 23.4 Å². The zero-order chi connectivity index (χ0) is 19.4. The molecule has 0 bridgehead atoms. The first-order valence-electron chi connectivity index (χ1n) is 8.25. The molecule has 1 aromatic heterocycles. The summed E-state index contributed by atoms with van der Waals surface area (Å²) in [7, 11) is 0. The lowest BCUT2D eigenvalue weighted by atomic mass is 10.1. The third-order valence-electron chi connectivity index (χ3n) is 3.97. The van der Waals surface area contributed by atoms with Crippen LogP contribution < -0.4 is 10.9 Å². The molecule has 0 saturated heterocycles. The third-order valence-corrected chi connectivity index (χ3v) is 4.27. The Morgan fingerprint density at radius 3 is 2.11 bits per heavy atom. The zero-order valence-electron chi connectivity index (χ0n) is 14.5. The molecule has 1 atom stereocenters. The van der Waals surface area contributed by atoms with Crippen molar-refractivity contribution in [2.24, 2.45) is 0 Å². The van der Waals surface area contributed by atoms with E-state index in [1.807, 2.05) is 0 Å². The van der Waals surface area contributed by atoms with Crippen LogP contribution in [-0.4, -0.2) is 21.2 Å². The molecule has 2 N–H and O–H groups in total. The molecule has 27 heavy (non-hydrogen) atoms. The van der Waals surface area contributed by atoms with Gasteiger partial charge in [0.15, 0.2) is 10.9 Å². The molecule has 0 fully saturated rings. The maximum atomic E-state index is 13.1. The molecule has 0 saturated carbocycles. The number of aryl methyl sites for hydroxylation is 1. The van der Waals surface area contributed by atoms with Crippen LogP contribution in [-0.2, 0) is 0 Å². The molecular formula is C20H17N3O3S. The van der Waals surface area contributed by atoms with Crippen LogP contribution in [0.25, 0.3) is 0 Å². The van der Waals surface area contributed by atoms with Crippen LogP contribution in [0.1, 0.15) is 32.6 Å². The van der Waals surface area contributed by atoms with Gasteiger partial charge in [-0.15, -0.1) is 0 Å². The quantitative estimate of drug-likeness (QED) is 0.527. The zero-order valence-corrected chi connectivity index (χ0v) is 15.3. The minimum Gasteiger partial charge on any atom is -0.336 e. The van der Waals surface area contributed by atoms with Crippen LogP contribution >= 0.6 is 12.2 Å². The van der Waals surface area contributed by atoms with Crippen molar-refractivity contribution in [1.29, 1.82) is 0 Å². The first kappa shape index (κ1) is 18.5. The minimum atomic E-state index is -1.27. The lowest BCUT2D eigenvalue weighted by Crippen LogP contribution is -2.43. The van der Waals surface area contributed by atoms with Crippen LogP contribution in [0.15, 0.2) is 71.5 Å². The molecule has 2 aromatic carbocycles. The van der Waals surface area contributed by atoms with Crippen LogP contribution in [0.5, 0.6) is 0 Å². The molecule has 3 rings (SSSR count). The summed E-state index contributed by atoms with van der Waals surface area (Å²) in [5.74, 6) is -0.919. The molecule has 0 aliphatic rings. The van der Waals surface area contributed by atoms with Crippen molar-refractivity contribution in [2.45, 2.75) is 13.1 Å². The lowest BCUT2D eigenvalue weighted by Gasteiger charge is -2.20. The number of nitrogens with one attached hydrogen (secondary N) is 2. The van der Waals surface area contributed by atoms with Gasteiger partial charge in [0.25, 0.3) is 11.5 Å². The molecule has 6 nitrogen and oxygen atoms in total. The van der Waals surface area contributed by atoms with E-state index in [-0.39, 0.29) is 4.77 Å². The van der Waals surface area contributed by atoms with E-state index in [1.165, 1.54) is 6.07 Å². The van der Waals surface area contributed by atoms with Gasteiger partial charge in [-0.2, -0.15) is 0 Å². The summed E-state index contributed by atoms with van der Waals surface area (Å²) in [5.41, 5.74) is 0.830. The highest BCUT2D eigenvalue weighted by atomic mass is 32.1. The Hall–Kier alpha value is -3.32. The van der Waals surface area contributed by atoms with E-state index >= 15 is 0 Å². The van der Waals surface area contributed by atoms with Crippen molar-refractivity contribution >= 4 is 23.9 Å². The molecule has 1 heterocycles. The van der Waals surface area contributed by atoms with E-state index in [4.69, 9.17) is 12.2 Å². The molecule has 0 aliphatic heterocycles. The number of hydrogen-bond donors (Lipinski definition) is 2. The summed E-state index contributed by atoms with van der Waals surface area (Å²) in [4.78, 5) is 41.1. The largest absolute Gasteiger partial charge is 0.336 e. The molecule has 7 heteroatoms. The average Bonchev–Trinajstić information content (AvgIpc) is 2.67. The molecule has 0 radical (unpaired) electrons. The molecular weight excluding hydrogens is 362 g/mol. The number of aromatic nitrogens is 2. The van der Waals surface area contributed by atoms with E-state index in [2.05, 4.69) is 10.3 Å². The number of nitrogens with zero attached hydrogens (tertiary/aromatic N) is 1. The highest BCUT2D eigenvalue weighted by Crippen LogP contribution is 2.13. The van der Waals surface area contributed by atoms with Gasteiger partial charge < -0.3 is 10.3 Å². The Labute approximate surface area is 160 Å². The third kappa shape index (κ3) is 4.09. The van der Waals surface area contributed by atoms with Crippen molar-refractivity contribution in [3.05, 3.63) is 98.7 Å². The Balaban J connectivity index is 2.07. The smallest absolute Gasteiger partial charge is 0.256 e. The van der Waals surface area contributed by atoms with Gasteiger partial charge in [0, 0.05) is 22.9 Å². The minimum absolute atomic E-state index is 0.0580. The number of Topliss-reactive ketones (excluding diaryl/α,β-unsaturated/α-hetero) is 1. The number of carbonyl (C=O) groups excluding carboxylic acids is 2. The number of aromatic amines is 1. The van der Waals surface area contributed by atoms with Crippen LogP contribution in [0.2, 0.25) is 0 Å². The Morgan fingerprint density at radius 2 is 1.56 bits per heavy atom. The summed E-state index contributed by atoms with van der Waals surface area (Å²) >= 11 is 5.25. The van der Waals surface area contributed by atoms with Crippen LogP contribution in [0.4, 0.5) is 0 Å². The Kier molecular flexibility index (Phi) is 5.42. The number of hydrogen-bond acceptors (Lipinski definition) is 4. The second-order valence-corrected chi connectivity index (χ2v) is 6.32. The maximum absolute atomic E-state index is 13.1. The van der Waals surface area contributed by atoms with E-state index in [0.29, 0.717) is 16.8 Å². The normalized spacial score (nSPS) is 11.6. The molecule has 3 aromatic rings. The van der Waals surface area contributed by atoms with Gasteiger partial charge in [0.1, 0.15) is 0 Å². The maximum Gasteiger partial charge on any atom is 0.256 e. The fraction of sp³-hybridized carbons (Fsp3) is 0.100. The molecule has 136 valence electrons. The summed E-state index contributed by atoms with van der Waals surface area (Å²) < 4.78 is 1.14. The van der Waals surface area contributed by atoms with Gasteiger partial charge >= 0.3 is 0 Å². The van der Waals surface area contributed by atoms with Gasteiger partial charge in [-0.05, 0) is 31.3 Å². The second-order valence-electron chi connectivity index (χ2n) is 5.94. The number of carbonyl (C=O) groups is 2. The van der Waals surface area contributed by atoms with Crippen LogP contribution in [0.3, 0.4) is 0 Å². The Morgan fingerprint density at radius 1 is 1.00 bits per heavy atom. The summed E-state index contributed by atoms with van der Waals surface area (Å²) in [6, 6.07) is 18.2. The number of benzene rings is 2. The fourth-order valence-corrected chi connectivity index (χ4v) is 3.03. The number of H-pyrrole nitrogens is 1. The number of amides is 1. The van der Waals surface area contributed by atoms with Crippen molar-refractivity contribution < 1.29 is 9.59 Å². The second kappa shape index (κ2) is 7.92. The van der Waals surface area contributed by atoms with E-state index in [1.54, 1.807) is 67.6 Å². The van der Waals surface area contributed by atoms with Gasteiger partial charge in [0.2, 0.25) is 5.78 Å². The number of ketones is 1. The van der Waals surface area contributed by atoms with Gasteiger partial charge in [-0.1, -0.05) is 48.5 Å². The molecule has 0 unspecified atom stereocenters. The predicted molar refractivity (Wildman–Crippen MR) is 104 cm³/mol. The van der Waals surface area contributed by atoms with Crippen molar-refractivity contribution in [2.75, 3.05) is 0 Å². The van der Waals surface area contributed by atoms with Crippen molar-refractivity contribution in [3.8, 4) is 0 Å². The fourth-order valence-electron chi connectivity index (χ4n) is 2.67. The van der Waals surface area contributed by atoms with Gasteiger partial charge in [-0.25, -0.2) is 0 Å². The SMILES string of the molecule is Cc1cc(=O)n([C@@H](NC(=O)c2ccccc2)C(=O)c2ccccc2)c(=S)[nH]1. The number of rotatable bonds is 5. The summed E-state index contributed by atoms with van der Waals surface area (Å²) in [6.45, 7) is 1.69.